The largest absolute Gasteiger partial charge is 0.376 e. The molecule has 1 atom stereocenters. The maximum absolute atomic E-state index is 6.27. The summed E-state index contributed by atoms with van der Waals surface area (Å²) < 4.78 is 0. The Morgan fingerprint density at radius 2 is 2.17 bits per heavy atom. The van der Waals surface area contributed by atoms with E-state index in [-0.39, 0.29) is 0 Å². The molecule has 1 aromatic heterocycles. The van der Waals surface area contributed by atoms with Gasteiger partial charge in [0.15, 0.2) is 0 Å². The van der Waals surface area contributed by atoms with Crippen molar-refractivity contribution in [2.75, 3.05) is 5.32 Å². The number of nitrogens with one attached hydrogen (secondary N) is 1. The zero-order chi connectivity index (χ0) is 12.5. The third-order valence-electron chi connectivity index (χ3n) is 3.38. The highest BCUT2D eigenvalue weighted by Gasteiger charge is 2.33. The van der Waals surface area contributed by atoms with Gasteiger partial charge in [-0.2, -0.15) is 0 Å². The summed E-state index contributed by atoms with van der Waals surface area (Å²) in [6, 6.07) is 10.9. The van der Waals surface area contributed by atoms with Crippen LogP contribution in [-0.2, 0) is 0 Å². The number of hydrogen-bond acceptors (Lipinski definition) is 2. The Hall–Kier alpha value is -0.990. The topological polar surface area (TPSA) is 12.0 Å². The molecule has 3 rings (SSSR count). The molecule has 1 aromatic carbocycles. The molecule has 1 N–H and O–H groups in total. The Balaban J connectivity index is 1.86. The van der Waals surface area contributed by atoms with Crippen LogP contribution in [0.2, 0.25) is 5.02 Å². The predicted octanol–water partition coefficient (Wildman–Crippen LogP) is 5.27. The molecule has 0 amide bonds. The molecule has 0 aliphatic heterocycles. The second-order valence-electron chi connectivity index (χ2n) is 4.96. The van der Waals surface area contributed by atoms with Gasteiger partial charge in [-0.3, -0.25) is 0 Å². The third-order valence-corrected chi connectivity index (χ3v) is 4.66. The van der Waals surface area contributed by atoms with Gasteiger partial charge in [-0.05, 0) is 54.8 Å². The summed E-state index contributed by atoms with van der Waals surface area (Å²) >= 11 is 8.09. The average molecular weight is 278 g/mol. The highest BCUT2D eigenvalue weighted by Crippen LogP contribution is 2.44. The minimum atomic E-state index is 0.421. The SMILES string of the molecule is Cc1ccc(Cl)c(NC(c2cccs2)C2CC2)c1. The molecule has 2 aromatic rings. The number of benzene rings is 1. The van der Waals surface area contributed by atoms with Crippen molar-refractivity contribution >= 4 is 28.6 Å². The van der Waals surface area contributed by atoms with Gasteiger partial charge in [0.25, 0.3) is 0 Å². The standard InChI is InChI=1S/C15H16ClNS/c1-10-4-7-12(16)13(9-10)17-15(11-5-6-11)14-3-2-8-18-14/h2-4,7-9,11,15,17H,5-6H2,1H3. The van der Waals surface area contributed by atoms with Gasteiger partial charge < -0.3 is 5.32 Å². The fourth-order valence-electron chi connectivity index (χ4n) is 2.24. The van der Waals surface area contributed by atoms with E-state index < -0.39 is 0 Å². The summed E-state index contributed by atoms with van der Waals surface area (Å²) in [7, 11) is 0. The number of halogens is 1. The summed E-state index contributed by atoms with van der Waals surface area (Å²) in [5.41, 5.74) is 2.30. The minimum Gasteiger partial charge on any atom is -0.376 e. The van der Waals surface area contributed by atoms with Gasteiger partial charge in [0.05, 0.1) is 16.8 Å². The predicted molar refractivity (Wildman–Crippen MR) is 79.6 cm³/mol. The lowest BCUT2D eigenvalue weighted by Crippen LogP contribution is -2.11. The van der Waals surface area contributed by atoms with Crippen molar-refractivity contribution in [3.63, 3.8) is 0 Å². The zero-order valence-electron chi connectivity index (χ0n) is 10.3. The summed E-state index contributed by atoms with van der Waals surface area (Å²) in [6.07, 6.45) is 2.64. The van der Waals surface area contributed by atoms with Gasteiger partial charge in [-0.25, -0.2) is 0 Å². The number of aryl methyl sites for hydroxylation is 1. The van der Waals surface area contributed by atoms with Crippen LogP contribution < -0.4 is 5.32 Å². The van der Waals surface area contributed by atoms with E-state index in [1.165, 1.54) is 23.3 Å². The van der Waals surface area contributed by atoms with E-state index in [1.54, 1.807) is 0 Å². The molecular formula is C15H16ClNS. The monoisotopic (exact) mass is 277 g/mol. The highest BCUT2D eigenvalue weighted by atomic mass is 35.5. The number of rotatable bonds is 4. The molecule has 1 nitrogen and oxygen atoms in total. The Morgan fingerprint density at radius 3 is 2.83 bits per heavy atom. The van der Waals surface area contributed by atoms with Gasteiger partial charge >= 0.3 is 0 Å². The molecule has 94 valence electrons. The average Bonchev–Trinajstić information content (AvgIpc) is 3.05. The summed E-state index contributed by atoms with van der Waals surface area (Å²) in [5, 5.41) is 6.58. The Kier molecular flexibility index (Phi) is 3.31. The van der Waals surface area contributed by atoms with Crippen LogP contribution in [0, 0.1) is 12.8 Å². The first-order valence-electron chi connectivity index (χ1n) is 6.30. The number of thiophene rings is 1. The molecule has 1 saturated carbocycles. The van der Waals surface area contributed by atoms with Crippen molar-refractivity contribution in [1.29, 1.82) is 0 Å². The quantitative estimate of drug-likeness (QED) is 0.802. The van der Waals surface area contributed by atoms with Crippen molar-refractivity contribution in [1.82, 2.24) is 0 Å². The molecular weight excluding hydrogens is 262 g/mol. The lowest BCUT2D eigenvalue weighted by Gasteiger charge is -2.19. The van der Waals surface area contributed by atoms with Crippen LogP contribution in [0.3, 0.4) is 0 Å². The Labute approximate surface area is 117 Å². The lowest BCUT2D eigenvalue weighted by molar-refractivity contribution is 0.691. The van der Waals surface area contributed by atoms with Crippen molar-refractivity contribution in [3.05, 3.63) is 51.2 Å². The molecule has 3 heteroatoms. The van der Waals surface area contributed by atoms with E-state index in [9.17, 15) is 0 Å². The number of hydrogen-bond donors (Lipinski definition) is 1. The molecule has 0 radical (unpaired) electrons. The van der Waals surface area contributed by atoms with Crippen LogP contribution in [-0.4, -0.2) is 0 Å². The van der Waals surface area contributed by atoms with Crippen LogP contribution in [0.1, 0.15) is 29.3 Å². The summed E-state index contributed by atoms with van der Waals surface area (Å²) in [5.74, 6) is 0.764. The van der Waals surface area contributed by atoms with Gasteiger partial charge in [-0.1, -0.05) is 23.7 Å². The van der Waals surface area contributed by atoms with Crippen molar-refractivity contribution in [2.45, 2.75) is 25.8 Å². The first-order chi connectivity index (χ1) is 8.74. The zero-order valence-corrected chi connectivity index (χ0v) is 11.9. The van der Waals surface area contributed by atoms with Crippen LogP contribution in [0.25, 0.3) is 0 Å². The van der Waals surface area contributed by atoms with Crippen LogP contribution >= 0.6 is 22.9 Å². The van der Waals surface area contributed by atoms with E-state index >= 15 is 0 Å². The summed E-state index contributed by atoms with van der Waals surface area (Å²) in [6.45, 7) is 2.10. The first-order valence-corrected chi connectivity index (χ1v) is 7.56. The smallest absolute Gasteiger partial charge is 0.0637 e. The molecule has 1 unspecified atom stereocenters. The second-order valence-corrected chi connectivity index (χ2v) is 6.34. The molecule has 1 aliphatic rings. The van der Waals surface area contributed by atoms with Crippen molar-refractivity contribution in [2.24, 2.45) is 5.92 Å². The van der Waals surface area contributed by atoms with Gasteiger partial charge in [0, 0.05) is 4.88 Å². The van der Waals surface area contributed by atoms with Crippen LogP contribution in [0.15, 0.2) is 35.7 Å². The van der Waals surface area contributed by atoms with Crippen molar-refractivity contribution < 1.29 is 0 Å². The Morgan fingerprint density at radius 1 is 1.33 bits per heavy atom. The molecule has 18 heavy (non-hydrogen) atoms. The molecule has 1 heterocycles. The maximum atomic E-state index is 6.27. The van der Waals surface area contributed by atoms with Crippen LogP contribution in [0.4, 0.5) is 5.69 Å². The van der Waals surface area contributed by atoms with E-state index in [1.807, 2.05) is 23.5 Å². The maximum Gasteiger partial charge on any atom is 0.0637 e. The lowest BCUT2D eigenvalue weighted by atomic mass is 10.1. The van der Waals surface area contributed by atoms with E-state index in [0.717, 1.165) is 16.6 Å². The summed E-state index contributed by atoms with van der Waals surface area (Å²) in [4.78, 5) is 1.41. The van der Waals surface area contributed by atoms with E-state index in [4.69, 9.17) is 11.6 Å². The highest BCUT2D eigenvalue weighted by molar-refractivity contribution is 7.10. The van der Waals surface area contributed by atoms with Gasteiger partial charge in [0.2, 0.25) is 0 Å². The number of anilines is 1. The van der Waals surface area contributed by atoms with Crippen LogP contribution in [0.5, 0.6) is 0 Å². The molecule has 0 bridgehead atoms. The van der Waals surface area contributed by atoms with Gasteiger partial charge in [-0.15, -0.1) is 11.3 Å². The molecule has 1 aliphatic carbocycles. The Bertz CT molecular complexity index is 531. The van der Waals surface area contributed by atoms with E-state index in [0.29, 0.717) is 6.04 Å². The van der Waals surface area contributed by atoms with Gasteiger partial charge in [0.1, 0.15) is 0 Å². The molecule has 0 spiro atoms. The third kappa shape index (κ3) is 2.55. The molecule has 1 fully saturated rings. The van der Waals surface area contributed by atoms with E-state index in [2.05, 4.69) is 35.8 Å². The second kappa shape index (κ2) is 4.94. The molecule has 0 saturated heterocycles. The van der Waals surface area contributed by atoms with Crippen molar-refractivity contribution in [3.8, 4) is 0 Å². The fourth-order valence-corrected chi connectivity index (χ4v) is 3.28. The normalized spacial score (nSPS) is 16.6. The minimum absolute atomic E-state index is 0.421. The fraction of sp³-hybridized carbons (Fsp3) is 0.333. The first kappa shape index (κ1) is 12.1.